The second-order valence-corrected chi connectivity index (χ2v) is 4.50. The number of carbonyl (C=O) groups excluding carboxylic acids is 1. The van der Waals surface area contributed by atoms with Gasteiger partial charge in [-0.25, -0.2) is 0 Å². The van der Waals surface area contributed by atoms with E-state index >= 15 is 0 Å². The molecule has 1 amide bonds. The molecule has 0 unspecified atom stereocenters. The molecule has 94 valence electrons. The van der Waals surface area contributed by atoms with Crippen LogP contribution < -0.4 is 0 Å². The Hall–Kier alpha value is -1.79. The molecular weight excluding hydrogens is 226 g/mol. The smallest absolute Gasteiger partial charge is 0.253 e. The molecule has 3 nitrogen and oxygen atoms in total. The van der Waals surface area contributed by atoms with Crippen LogP contribution in [0.5, 0.6) is 0 Å². The van der Waals surface area contributed by atoms with E-state index in [9.17, 15) is 4.79 Å². The van der Waals surface area contributed by atoms with Gasteiger partial charge in [-0.15, -0.1) is 0 Å². The predicted octanol–water partition coefficient (Wildman–Crippen LogP) is 1.65. The van der Waals surface area contributed by atoms with Crippen LogP contribution in [0.3, 0.4) is 0 Å². The molecule has 0 spiro atoms. The molecule has 1 aliphatic rings. The molecule has 18 heavy (non-hydrogen) atoms. The highest BCUT2D eigenvalue weighted by molar-refractivity contribution is 5.94. The maximum Gasteiger partial charge on any atom is 0.253 e. The molecule has 0 bridgehead atoms. The van der Waals surface area contributed by atoms with Gasteiger partial charge >= 0.3 is 0 Å². The van der Waals surface area contributed by atoms with Crippen molar-refractivity contribution in [3.8, 4) is 11.8 Å². The summed E-state index contributed by atoms with van der Waals surface area (Å²) in [5.41, 5.74) is 1.50. The SMILES string of the molecule is CN(C(=O)c1cccc(C#CCCO)c1)C1CC1. The van der Waals surface area contributed by atoms with Crippen LogP contribution in [0.15, 0.2) is 24.3 Å². The van der Waals surface area contributed by atoms with Gasteiger partial charge in [0.15, 0.2) is 0 Å². The Balaban J connectivity index is 2.11. The lowest BCUT2D eigenvalue weighted by Gasteiger charge is -2.16. The third-order valence-electron chi connectivity index (χ3n) is 2.99. The van der Waals surface area contributed by atoms with Gasteiger partial charge in [0.05, 0.1) is 6.61 Å². The summed E-state index contributed by atoms with van der Waals surface area (Å²) in [6.07, 6.45) is 2.68. The Kier molecular flexibility index (Phi) is 4.01. The first-order chi connectivity index (χ1) is 8.72. The number of nitrogens with zero attached hydrogens (tertiary/aromatic N) is 1. The van der Waals surface area contributed by atoms with E-state index in [1.807, 2.05) is 31.3 Å². The van der Waals surface area contributed by atoms with Crippen molar-refractivity contribution in [3.63, 3.8) is 0 Å². The molecule has 0 heterocycles. The molecular formula is C15H17NO2. The third-order valence-corrected chi connectivity index (χ3v) is 2.99. The summed E-state index contributed by atoms with van der Waals surface area (Å²) in [6, 6.07) is 7.76. The first-order valence-electron chi connectivity index (χ1n) is 6.19. The van der Waals surface area contributed by atoms with Crippen LogP contribution in [0, 0.1) is 11.8 Å². The van der Waals surface area contributed by atoms with Gasteiger partial charge in [0.2, 0.25) is 0 Å². The first-order valence-corrected chi connectivity index (χ1v) is 6.19. The number of carbonyl (C=O) groups is 1. The zero-order valence-corrected chi connectivity index (χ0v) is 10.5. The number of aliphatic hydroxyl groups is 1. The van der Waals surface area contributed by atoms with Gasteiger partial charge < -0.3 is 10.0 Å². The Morgan fingerprint density at radius 1 is 1.50 bits per heavy atom. The maximum absolute atomic E-state index is 12.1. The number of benzene rings is 1. The van der Waals surface area contributed by atoms with Gasteiger partial charge in [-0.3, -0.25) is 4.79 Å². The normalized spacial score (nSPS) is 13.7. The van der Waals surface area contributed by atoms with E-state index in [1.165, 1.54) is 0 Å². The highest BCUT2D eigenvalue weighted by Gasteiger charge is 2.29. The van der Waals surface area contributed by atoms with Gasteiger partial charge in [0.25, 0.3) is 5.91 Å². The molecule has 0 radical (unpaired) electrons. The molecule has 0 aliphatic heterocycles. The first kappa shape index (κ1) is 12.7. The second kappa shape index (κ2) is 5.70. The van der Waals surface area contributed by atoms with Gasteiger partial charge in [-0.05, 0) is 31.0 Å². The highest BCUT2D eigenvalue weighted by atomic mass is 16.2. The van der Waals surface area contributed by atoms with Crippen LogP contribution in [-0.2, 0) is 0 Å². The minimum Gasteiger partial charge on any atom is -0.395 e. The lowest BCUT2D eigenvalue weighted by molar-refractivity contribution is 0.0785. The van der Waals surface area contributed by atoms with Crippen LogP contribution in [0.1, 0.15) is 35.2 Å². The minimum atomic E-state index is 0.0586. The average Bonchev–Trinajstić information content (AvgIpc) is 3.22. The predicted molar refractivity (Wildman–Crippen MR) is 70.1 cm³/mol. The van der Waals surface area contributed by atoms with Gasteiger partial charge in [0, 0.05) is 30.6 Å². The summed E-state index contributed by atoms with van der Waals surface area (Å²) in [7, 11) is 1.85. The molecule has 0 atom stereocenters. The molecule has 3 heteroatoms. The number of amides is 1. The van der Waals surface area contributed by atoms with Gasteiger partial charge in [-0.2, -0.15) is 0 Å². The summed E-state index contributed by atoms with van der Waals surface area (Å²) in [4.78, 5) is 14.0. The molecule has 1 fully saturated rings. The van der Waals surface area contributed by atoms with Crippen LogP contribution in [0.25, 0.3) is 0 Å². The van der Waals surface area contributed by atoms with E-state index in [4.69, 9.17) is 5.11 Å². The summed E-state index contributed by atoms with van der Waals surface area (Å²) in [5, 5.41) is 8.66. The monoisotopic (exact) mass is 243 g/mol. The lowest BCUT2D eigenvalue weighted by Crippen LogP contribution is -2.28. The van der Waals surface area contributed by atoms with Crippen molar-refractivity contribution in [1.82, 2.24) is 4.90 Å². The van der Waals surface area contributed by atoms with E-state index in [1.54, 1.807) is 4.90 Å². The molecule has 1 aliphatic carbocycles. The summed E-state index contributed by atoms with van der Waals surface area (Å²) in [5.74, 6) is 5.86. The summed E-state index contributed by atoms with van der Waals surface area (Å²) >= 11 is 0. The number of hydrogen-bond donors (Lipinski definition) is 1. The molecule has 0 aromatic heterocycles. The van der Waals surface area contributed by atoms with E-state index in [0.29, 0.717) is 18.0 Å². The zero-order chi connectivity index (χ0) is 13.0. The van der Waals surface area contributed by atoms with E-state index in [0.717, 1.165) is 18.4 Å². The topological polar surface area (TPSA) is 40.5 Å². The second-order valence-electron chi connectivity index (χ2n) is 4.50. The third kappa shape index (κ3) is 3.12. The molecule has 1 aromatic carbocycles. The van der Waals surface area contributed by atoms with Crippen molar-refractivity contribution in [2.75, 3.05) is 13.7 Å². The Labute approximate surface area is 107 Å². The highest BCUT2D eigenvalue weighted by Crippen LogP contribution is 2.26. The fourth-order valence-corrected chi connectivity index (χ4v) is 1.78. The van der Waals surface area contributed by atoms with Crippen molar-refractivity contribution in [3.05, 3.63) is 35.4 Å². The summed E-state index contributed by atoms with van der Waals surface area (Å²) in [6.45, 7) is 0.0655. The number of aliphatic hydroxyl groups excluding tert-OH is 1. The standard InChI is InChI=1S/C15H17NO2/c1-16(14-8-9-14)15(18)13-7-4-6-12(11-13)5-2-3-10-17/h4,6-7,11,14,17H,3,8-10H2,1H3. The van der Waals surface area contributed by atoms with Crippen LogP contribution in [0.2, 0.25) is 0 Å². The molecule has 2 rings (SSSR count). The lowest BCUT2D eigenvalue weighted by atomic mass is 10.1. The van der Waals surface area contributed by atoms with Gasteiger partial charge in [0.1, 0.15) is 0 Å². The molecule has 1 saturated carbocycles. The molecule has 1 N–H and O–H groups in total. The van der Waals surface area contributed by atoms with Crippen molar-refractivity contribution in [1.29, 1.82) is 0 Å². The molecule has 0 saturated heterocycles. The van der Waals surface area contributed by atoms with Crippen molar-refractivity contribution >= 4 is 5.91 Å². The van der Waals surface area contributed by atoms with E-state index < -0.39 is 0 Å². The van der Waals surface area contributed by atoms with Crippen LogP contribution >= 0.6 is 0 Å². The molecule has 1 aromatic rings. The largest absolute Gasteiger partial charge is 0.395 e. The van der Waals surface area contributed by atoms with E-state index in [-0.39, 0.29) is 12.5 Å². The van der Waals surface area contributed by atoms with Crippen molar-refractivity contribution in [2.45, 2.75) is 25.3 Å². The van der Waals surface area contributed by atoms with Crippen LogP contribution in [0.4, 0.5) is 0 Å². The number of hydrogen-bond acceptors (Lipinski definition) is 2. The Morgan fingerprint density at radius 3 is 2.94 bits per heavy atom. The van der Waals surface area contributed by atoms with Crippen molar-refractivity contribution < 1.29 is 9.90 Å². The quantitative estimate of drug-likeness (QED) is 0.820. The maximum atomic E-state index is 12.1. The Bertz CT molecular complexity index is 495. The fraction of sp³-hybridized carbons (Fsp3) is 0.400. The Morgan fingerprint density at radius 2 is 2.28 bits per heavy atom. The van der Waals surface area contributed by atoms with Gasteiger partial charge in [-0.1, -0.05) is 17.9 Å². The zero-order valence-electron chi connectivity index (χ0n) is 10.5. The van der Waals surface area contributed by atoms with E-state index in [2.05, 4.69) is 11.8 Å². The van der Waals surface area contributed by atoms with Crippen molar-refractivity contribution in [2.24, 2.45) is 0 Å². The summed E-state index contributed by atoms with van der Waals surface area (Å²) < 4.78 is 0. The minimum absolute atomic E-state index is 0.0586. The number of rotatable bonds is 3. The van der Waals surface area contributed by atoms with Crippen LogP contribution in [-0.4, -0.2) is 35.6 Å². The average molecular weight is 243 g/mol. The fourth-order valence-electron chi connectivity index (χ4n) is 1.78.